The van der Waals surface area contributed by atoms with E-state index < -0.39 is 0 Å². The number of amides is 2. The van der Waals surface area contributed by atoms with Crippen molar-refractivity contribution in [2.75, 3.05) is 26.2 Å². The van der Waals surface area contributed by atoms with Crippen molar-refractivity contribution in [3.05, 3.63) is 35.4 Å². The van der Waals surface area contributed by atoms with Crippen LogP contribution in [0.1, 0.15) is 50.2 Å². The van der Waals surface area contributed by atoms with Crippen LogP contribution < -0.4 is 5.32 Å². The van der Waals surface area contributed by atoms with E-state index in [0.29, 0.717) is 12.1 Å². The Labute approximate surface area is 167 Å². The predicted octanol–water partition coefficient (Wildman–Crippen LogP) is 2.29. The topological polar surface area (TPSA) is 76.4 Å². The summed E-state index contributed by atoms with van der Waals surface area (Å²) in [5.41, 5.74) is 1.85. The molecule has 1 unspecified atom stereocenters. The molecule has 1 aromatic carbocycles. The fraction of sp³-hybridized carbons (Fsp3) is 0.591. The van der Waals surface area contributed by atoms with Crippen LogP contribution in [0, 0.1) is 17.2 Å². The van der Waals surface area contributed by atoms with Gasteiger partial charge in [0.2, 0.25) is 11.8 Å². The molecule has 1 saturated carbocycles. The number of benzene rings is 1. The van der Waals surface area contributed by atoms with Crippen LogP contribution in [-0.4, -0.2) is 53.8 Å². The molecule has 1 heterocycles. The van der Waals surface area contributed by atoms with Gasteiger partial charge in [-0.3, -0.25) is 14.5 Å². The molecule has 1 aromatic rings. The molecule has 2 fully saturated rings. The molecule has 0 radical (unpaired) electrons. The van der Waals surface area contributed by atoms with Gasteiger partial charge in [0.05, 0.1) is 11.6 Å². The van der Waals surface area contributed by atoms with Gasteiger partial charge in [0.25, 0.3) is 0 Å². The number of nitrogens with one attached hydrogen (secondary N) is 1. The van der Waals surface area contributed by atoms with Crippen LogP contribution in [0.5, 0.6) is 0 Å². The van der Waals surface area contributed by atoms with E-state index in [0.717, 1.165) is 58.3 Å². The van der Waals surface area contributed by atoms with Gasteiger partial charge in [0.15, 0.2) is 0 Å². The third-order valence-electron chi connectivity index (χ3n) is 5.89. The zero-order chi connectivity index (χ0) is 19.9. The van der Waals surface area contributed by atoms with Crippen molar-refractivity contribution in [1.29, 1.82) is 5.26 Å². The Kier molecular flexibility index (Phi) is 7.05. The summed E-state index contributed by atoms with van der Waals surface area (Å²) in [7, 11) is 0. The van der Waals surface area contributed by atoms with Gasteiger partial charge in [0, 0.05) is 39.6 Å². The Bertz CT molecular complexity index is 719. The lowest BCUT2D eigenvalue weighted by Crippen LogP contribution is -2.52. The molecular weight excluding hydrogens is 352 g/mol. The first-order chi connectivity index (χ1) is 13.6. The molecule has 0 spiro atoms. The van der Waals surface area contributed by atoms with E-state index in [-0.39, 0.29) is 23.8 Å². The first kappa shape index (κ1) is 20.3. The van der Waals surface area contributed by atoms with Crippen molar-refractivity contribution < 1.29 is 9.59 Å². The van der Waals surface area contributed by atoms with Gasteiger partial charge in [-0.15, -0.1) is 0 Å². The van der Waals surface area contributed by atoms with Crippen molar-refractivity contribution in [2.45, 2.75) is 51.6 Å². The minimum atomic E-state index is -0.370. The van der Waals surface area contributed by atoms with Crippen molar-refractivity contribution in [3.8, 4) is 6.07 Å². The molecule has 3 rings (SSSR count). The first-order valence-corrected chi connectivity index (χ1v) is 10.3. The number of carbonyl (C=O) groups is 2. The molecule has 150 valence electrons. The highest BCUT2D eigenvalue weighted by molar-refractivity contribution is 5.87. The average Bonchev–Trinajstić information content (AvgIpc) is 3.13. The van der Waals surface area contributed by atoms with Crippen molar-refractivity contribution >= 4 is 11.8 Å². The Morgan fingerprint density at radius 1 is 1.11 bits per heavy atom. The van der Waals surface area contributed by atoms with Crippen molar-refractivity contribution in [1.82, 2.24) is 15.1 Å². The molecule has 2 amide bonds. The van der Waals surface area contributed by atoms with E-state index in [1.165, 1.54) is 12.5 Å². The van der Waals surface area contributed by atoms with Crippen molar-refractivity contribution in [3.63, 3.8) is 0 Å². The monoisotopic (exact) mass is 382 g/mol. The first-order valence-electron chi connectivity index (χ1n) is 10.3. The third-order valence-corrected chi connectivity index (χ3v) is 5.89. The van der Waals surface area contributed by atoms with E-state index in [1.807, 2.05) is 29.2 Å². The summed E-state index contributed by atoms with van der Waals surface area (Å²) in [6.07, 6.45) is 5.27. The molecule has 1 aliphatic carbocycles. The lowest BCUT2D eigenvalue weighted by Gasteiger charge is -2.30. The highest BCUT2D eigenvalue weighted by Crippen LogP contribution is 2.29. The largest absolute Gasteiger partial charge is 0.344 e. The lowest BCUT2D eigenvalue weighted by molar-refractivity contribution is -0.137. The Balaban J connectivity index is 1.58. The molecule has 1 saturated heterocycles. The minimum absolute atomic E-state index is 0.0855. The molecule has 2 aliphatic rings. The highest BCUT2D eigenvalue weighted by atomic mass is 16.2. The maximum absolute atomic E-state index is 13.2. The Morgan fingerprint density at radius 3 is 2.46 bits per heavy atom. The molecule has 6 heteroatoms. The van der Waals surface area contributed by atoms with Gasteiger partial charge >= 0.3 is 0 Å². The molecule has 1 atom stereocenters. The van der Waals surface area contributed by atoms with E-state index >= 15 is 0 Å². The lowest BCUT2D eigenvalue weighted by atomic mass is 9.96. The fourth-order valence-electron chi connectivity index (χ4n) is 4.38. The van der Waals surface area contributed by atoms with Crippen LogP contribution >= 0.6 is 0 Å². The Morgan fingerprint density at radius 2 is 1.82 bits per heavy atom. The SMILES string of the molecule is CC(=O)NC(C(=O)N1CCCN(Cc2ccc(C#N)cc2)CC1)C1CCCC1. The second kappa shape index (κ2) is 9.70. The standard InChI is InChI=1S/C22H30N4O2/c1-17(27)24-21(20-5-2-3-6-20)22(28)26-12-4-11-25(13-14-26)16-19-9-7-18(15-23)8-10-19/h7-10,20-21H,2-6,11-14,16H2,1H3,(H,24,27). The van der Waals surface area contributed by atoms with Crippen LogP contribution in [0.3, 0.4) is 0 Å². The number of carbonyl (C=O) groups excluding carboxylic acids is 2. The zero-order valence-corrected chi connectivity index (χ0v) is 16.7. The van der Waals surface area contributed by atoms with Gasteiger partial charge in [-0.2, -0.15) is 5.26 Å². The maximum Gasteiger partial charge on any atom is 0.245 e. The van der Waals surface area contributed by atoms with Crippen LogP contribution in [0.4, 0.5) is 0 Å². The second-order valence-electron chi connectivity index (χ2n) is 7.99. The van der Waals surface area contributed by atoms with E-state index in [4.69, 9.17) is 5.26 Å². The molecule has 1 N–H and O–H groups in total. The summed E-state index contributed by atoms with van der Waals surface area (Å²) in [5.74, 6) is 0.235. The molecule has 6 nitrogen and oxygen atoms in total. The number of nitriles is 1. The molecule has 28 heavy (non-hydrogen) atoms. The van der Waals surface area contributed by atoms with Gasteiger partial charge < -0.3 is 10.2 Å². The third kappa shape index (κ3) is 5.32. The maximum atomic E-state index is 13.2. The predicted molar refractivity (Wildman–Crippen MR) is 107 cm³/mol. The molecule has 1 aliphatic heterocycles. The van der Waals surface area contributed by atoms with Gasteiger partial charge in [-0.1, -0.05) is 25.0 Å². The molecular formula is C22H30N4O2. The average molecular weight is 383 g/mol. The highest BCUT2D eigenvalue weighted by Gasteiger charge is 2.34. The quantitative estimate of drug-likeness (QED) is 0.848. The van der Waals surface area contributed by atoms with E-state index in [1.54, 1.807) is 0 Å². The van der Waals surface area contributed by atoms with E-state index in [2.05, 4.69) is 16.3 Å². The summed E-state index contributed by atoms with van der Waals surface area (Å²) < 4.78 is 0. The zero-order valence-electron chi connectivity index (χ0n) is 16.7. The second-order valence-corrected chi connectivity index (χ2v) is 7.99. The number of hydrogen-bond donors (Lipinski definition) is 1. The van der Waals surface area contributed by atoms with Crippen LogP contribution in [-0.2, 0) is 16.1 Å². The van der Waals surface area contributed by atoms with Crippen LogP contribution in [0.2, 0.25) is 0 Å². The van der Waals surface area contributed by atoms with Gasteiger partial charge in [-0.05, 0) is 42.9 Å². The van der Waals surface area contributed by atoms with Crippen LogP contribution in [0.25, 0.3) is 0 Å². The number of hydrogen-bond acceptors (Lipinski definition) is 4. The summed E-state index contributed by atoms with van der Waals surface area (Å²) in [6.45, 7) is 5.52. The van der Waals surface area contributed by atoms with E-state index in [9.17, 15) is 9.59 Å². The smallest absolute Gasteiger partial charge is 0.245 e. The number of rotatable bonds is 5. The summed E-state index contributed by atoms with van der Waals surface area (Å²) in [6, 6.07) is 9.47. The minimum Gasteiger partial charge on any atom is -0.344 e. The molecule has 0 aromatic heterocycles. The summed E-state index contributed by atoms with van der Waals surface area (Å²) >= 11 is 0. The summed E-state index contributed by atoms with van der Waals surface area (Å²) in [5, 5.41) is 11.9. The number of nitrogens with zero attached hydrogens (tertiary/aromatic N) is 3. The fourth-order valence-corrected chi connectivity index (χ4v) is 4.38. The van der Waals surface area contributed by atoms with Crippen molar-refractivity contribution in [2.24, 2.45) is 5.92 Å². The normalized spacial score (nSPS) is 19.6. The van der Waals surface area contributed by atoms with Gasteiger partial charge in [-0.25, -0.2) is 0 Å². The Hall–Kier alpha value is -2.39. The van der Waals surface area contributed by atoms with Gasteiger partial charge in [0.1, 0.15) is 6.04 Å². The molecule has 0 bridgehead atoms. The summed E-state index contributed by atoms with van der Waals surface area (Å²) in [4.78, 5) is 29.1. The van der Waals surface area contributed by atoms with Crippen LogP contribution in [0.15, 0.2) is 24.3 Å².